The summed E-state index contributed by atoms with van der Waals surface area (Å²) in [5, 5.41) is 10.9. The average molecular weight is 281 g/mol. The Morgan fingerprint density at radius 2 is 2.00 bits per heavy atom. The van der Waals surface area contributed by atoms with Gasteiger partial charge in [-0.15, -0.1) is 5.11 Å². The van der Waals surface area contributed by atoms with Crippen LogP contribution in [0.2, 0.25) is 0 Å². The van der Waals surface area contributed by atoms with Gasteiger partial charge in [0.1, 0.15) is 5.82 Å². The van der Waals surface area contributed by atoms with Gasteiger partial charge in [0.15, 0.2) is 5.69 Å². The molecule has 1 heterocycles. The first kappa shape index (κ1) is 13.1. The van der Waals surface area contributed by atoms with Crippen molar-refractivity contribution in [3.8, 4) is 5.69 Å². The summed E-state index contributed by atoms with van der Waals surface area (Å²) >= 11 is 0. The van der Waals surface area contributed by atoms with Crippen LogP contribution in [0.3, 0.4) is 0 Å². The van der Waals surface area contributed by atoms with Crippen LogP contribution >= 0.6 is 0 Å². The third-order valence-electron chi connectivity index (χ3n) is 3.18. The second-order valence-corrected chi connectivity index (χ2v) is 4.68. The van der Waals surface area contributed by atoms with Crippen LogP contribution in [0.4, 0.5) is 11.5 Å². The first-order chi connectivity index (χ1) is 10.3. The summed E-state index contributed by atoms with van der Waals surface area (Å²) in [5.41, 5.74) is 7.20. The number of nitrogens with one attached hydrogen (secondary N) is 1. The first-order valence-electron chi connectivity index (χ1n) is 6.69. The van der Waals surface area contributed by atoms with E-state index in [2.05, 4.69) is 21.4 Å². The van der Waals surface area contributed by atoms with E-state index >= 15 is 0 Å². The van der Waals surface area contributed by atoms with Crippen LogP contribution in [0, 0.1) is 0 Å². The van der Waals surface area contributed by atoms with Gasteiger partial charge in [0.05, 0.1) is 11.4 Å². The number of hydrogen-bond donors (Lipinski definition) is 2. The molecule has 0 aliphatic heterocycles. The number of nitrogen functional groups attached to an aromatic ring is 1. The van der Waals surface area contributed by atoms with E-state index in [1.54, 1.807) is 0 Å². The van der Waals surface area contributed by atoms with E-state index in [4.69, 9.17) is 5.73 Å². The van der Waals surface area contributed by atoms with Crippen molar-refractivity contribution < 1.29 is 0 Å². The third-order valence-corrected chi connectivity index (χ3v) is 3.18. The molecule has 0 saturated carbocycles. The molecular weight excluding hydrogens is 266 g/mol. The molecule has 1 aliphatic carbocycles. The van der Waals surface area contributed by atoms with Crippen LogP contribution in [0.1, 0.15) is 12.8 Å². The molecule has 0 saturated heterocycles. The molecule has 0 atom stereocenters. The normalized spacial score (nSPS) is 14.6. The number of nitrogens with two attached hydrogens (primary N) is 1. The monoisotopic (exact) mass is 281 g/mol. The van der Waals surface area contributed by atoms with E-state index in [0.29, 0.717) is 5.69 Å². The molecule has 0 radical (unpaired) electrons. The second kappa shape index (κ2) is 5.62. The summed E-state index contributed by atoms with van der Waals surface area (Å²) < 4.78 is 1.36. The number of anilines is 1. The van der Waals surface area contributed by atoms with Crippen molar-refractivity contribution in [2.24, 2.45) is 10.2 Å². The van der Waals surface area contributed by atoms with Crippen LogP contribution in [0.5, 0.6) is 0 Å². The SMILES string of the molecule is Nc1[nH]n(-c2ccccc2)c(=O)c1N=NC1=CC=CCC1. The Balaban J connectivity index is 1.96. The van der Waals surface area contributed by atoms with Gasteiger partial charge >= 0.3 is 5.56 Å². The minimum Gasteiger partial charge on any atom is -0.382 e. The lowest BCUT2D eigenvalue weighted by Gasteiger charge is -2.00. The number of benzene rings is 1. The van der Waals surface area contributed by atoms with Gasteiger partial charge in [-0.05, 0) is 31.1 Å². The molecule has 1 aromatic carbocycles. The fourth-order valence-electron chi connectivity index (χ4n) is 2.09. The minimum atomic E-state index is -0.311. The first-order valence-corrected chi connectivity index (χ1v) is 6.69. The average Bonchev–Trinajstić information content (AvgIpc) is 2.82. The topological polar surface area (TPSA) is 88.5 Å². The quantitative estimate of drug-likeness (QED) is 0.847. The van der Waals surface area contributed by atoms with Crippen molar-refractivity contribution in [1.29, 1.82) is 0 Å². The Hall–Kier alpha value is -2.89. The van der Waals surface area contributed by atoms with Crippen LogP contribution in [-0.4, -0.2) is 9.78 Å². The van der Waals surface area contributed by atoms with Crippen molar-refractivity contribution in [1.82, 2.24) is 9.78 Å². The molecule has 1 aliphatic rings. The molecule has 6 nitrogen and oxygen atoms in total. The lowest BCUT2D eigenvalue weighted by Crippen LogP contribution is -2.13. The van der Waals surface area contributed by atoms with Crippen LogP contribution in [0.25, 0.3) is 5.69 Å². The number of azo groups is 1. The molecule has 2 aromatic rings. The molecule has 106 valence electrons. The Bertz CT molecular complexity index is 780. The van der Waals surface area contributed by atoms with E-state index < -0.39 is 0 Å². The van der Waals surface area contributed by atoms with E-state index in [9.17, 15) is 4.79 Å². The molecule has 1 aromatic heterocycles. The number of aromatic nitrogens is 2. The van der Waals surface area contributed by atoms with Gasteiger partial charge in [0.2, 0.25) is 0 Å². The van der Waals surface area contributed by atoms with E-state index in [1.807, 2.05) is 42.5 Å². The van der Waals surface area contributed by atoms with Crippen LogP contribution in [0.15, 0.2) is 69.3 Å². The zero-order valence-corrected chi connectivity index (χ0v) is 11.4. The maximum Gasteiger partial charge on any atom is 0.301 e. The predicted octanol–water partition coefficient (Wildman–Crippen LogP) is 3.07. The largest absolute Gasteiger partial charge is 0.382 e. The molecule has 3 rings (SSSR count). The minimum absolute atomic E-state index is 0.134. The number of rotatable bonds is 3. The number of H-pyrrole nitrogens is 1. The van der Waals surface area contributed by atoms with Crippen LogP contribution < -0.4 is 11.3 Å². The van der Waals surface area contributed by atoms with Crippen molar-refractivity contribution in [3.63, 3.8) is 0 Å². The highest BCUT2D eigenvalue weighted by molar-refractivity contribution is 5.57. The van der Waals surface area contributed by atoms with E-state index in [1.165, 1.54) is 4.68 Å². The smallest absolute Gasteiger partial charge is 0.301 e. The van der Waals surface area contributed by atoms with E-state index in [0.717, 1.165) is 18.5 Å². The zero-order valence-electron chi connectivity index (χ0n) is 11.4. The summed E-state index contributed by atoms with van der Waals surface area (Å²) in [6, 6.07) is 9.20. The third kappa shape index (κ3) is 2.69. The molecule has 3 N–H and O–H groups in total. The number of nitrogens with zero attached hydrogens (tertiary/aromatic N) is 3. The molecule has 0 spiro atoms. The van der Waals surface area contributed by atoms with Crippen molar-refractivity contribution in [2.45, 2.75) is 12.8 Å². The Morgan fingerprint density at radius 3 is 2.71 bits per heavy atom. The molecule has 0 fully saturated rings. The van der Waals surface area contributed by atoms with Gasteiger partial charge in [0.25, 0.3) is 0 Å². The maximum atomic E-state index is 12.3. The molecule has 0 unspecified atom stereocenters. The number of allylic oxidation sites excluding steroid dienone is 4. The van der Waals surface area contributed by atoms with Gasteiger partial charge in [0, 0.05) is 0 Å². The molecule has 0 amide bonds. The van der Waals surface area contributed by atoms with Crippen LogP contribution in [-0.2, 0) is 0 Å². The molecule has 21 heavy (non-hydrogen) atoms. The highest BCUT2D eigenvalue weighted by Gasteiger charge is 2.12. The summed E-state index contributed by atoms with van der Waals surface area (Å²) in [6.45, 7) is 0. The highest BCUT2D eigenvalue weighted by atomic mass is 16.1. The predicted molar refractivity (Wildman–Crippen MR) is 81.8 cm³/mol. The lowest BCUT2D eigenvalue weighted by molar-refractivity contribution is 0.852. The molecule has 6 heteroatoms. The molecular formula is C15H15N5O. The number of hydrogen-bond acceptors (Lipinski definition) is 4. The number of para-hydroxylation sites is 1. The Kier molecular flexibility index (Phi) is 3.51. The van der Waals surface area contributed by atoms with Gasteiger partial charge < -0.3 is 5.73 Å². The highest BCUT2D eigenvalue weighted by Crippen LogP contribution is 2.20. The molecule has 0 bridgehead atoms. The summed E-state index contributed by atoms with van der Waals surface area (Å²) in [5.74, 6) is 0.208. The van der Waals surface area contributed by atoms with Gasteiger partial charge in [-0.25, -0.2) is 4.68 Å². The summed E-state index contributed by atoms with van der Waals surface area (Å²) in [6.07, 6.45) is 7.62. The standard InChI is InChI=1S/C15H15N5O/c16-14-13(18-17-11-7-3-1-4-8-11)15(21)20(19-14)12-9-5-2-6-10-12/h1-3,5-7,9-10,19H,4,8,16H2. The summed E-state index contributed by atoms with van der Waals surface area (Å²) in [7, 11) is 0. The van der Waals surface area contributed by atoms with Crippen molar-refractivity contribution in [3.05, 3.63) is 64.6 Å². The van der Waals surface area contributed by atoms with Gasteiger partial charge in [-0.3, -0.25) is 9.89 Å². The van der Waals surface area contributed by atoms with Crippen molar-refractivity contribution in [2.75, 3.05) is 5.73 Å². The maximum absolute atomic E-state index is 12.3. The van der Waals surface area contributed by atoms with Gasteiger partial charge in [-0.2, -0.15) is 5.11 Å². The summed E-state index contributed by atoms with van der Waals surface area (Å²) in [4.78, 5) is 12.3. The lowest BCUT2D eigenvalue weighted by atomic mass is 10.1. The Labute approximate surface area is 121 Å². The van der Waals surface area contributed by atoms with E-state index in [-0.39, 0.29) is 17.1 Å². The van der Waals surface area contributed by atoms with Crippen molar-refractivity contribution >= 4 is 11.5 Å². The fraction of sp³-hybridized carbons (Fsp3) is 0.133. The fourth-order valence-corrected chi connectivity index (χ4v) is 2.09. The number of aromatic amines is 1. The Morgan fingerprint density at radius 1 is 1.19 bits per heavy atom. The zero-order chi connectivity index (χ0) is 14.7. The van der Waals surface area contributed by atoms with Gasteiger partial charge in [-0.1, -0.05) is 30.4 Å². The second-order valence-electron chi connectivity index (χ2n) is 4.68.